The maximum atomic E-state index is 11.1. The van der Waals surface area contributed by atoms with Crippen LogP contribution in [0.4, 0.5) is 0 Å². The molecule has 0 saturated heterocycles. The monoisotopic (exact) mass is 287 g/mol. The van der Waals surface area contributed by atoms with Gasteiger partial charge in [-0.2, -0.15) is 0 Å². The summed E-state index contributed by atoms with van der Waals surface area (Å²) in [6.07, 6.45) is 0.144. The maximum absolute atomic E-state index is 11.1. The third-order valence-electron chi connectivity index (χ3n) is 2.61. The van der Waals surface area contributed by atoms with Crippen LogP contribution in [0.1, 0.15) is 25.3 Å². The Morgan fingerprint density at radius 2 is 2.21 bits per heavy atom. The zero-order valence-corrected chi connectivity index (χ0v) is 11.7. The van der Waals surface area contributed by atoms with Crippen LogP contribution >= 0.6 is 11.6 Å². The molecule has 0 radical (unpaired) electrons. The first-order valence-electron chi connectivity index (χ1n) is 5.99. The van der Waals surface area contributed by atoms with Crippen molar-refractivity contribution in [2.24, 2.45) is 5.73 Å². The third-order valence-corrected chi connectivity index (χ3v) is 2.89. The second-order valence-corrected chi connectivity index (χ2v) is 4.45. The number of halogens is 1. The van der Waals surface area contributed by atoms with Gasteiger partial charge in [0.05, 0.1) is 12.1 Å². The van der Waals surface area contributed by atoms with Gasteiger partial charge in [-0.25, -0.2) is 4.79 Å². The van der Waals surface area contributed by atoms with Crippen LogP contribution < -0.4 is 15.2 Å². The summed E-state index contributed by atoms with van der Waals surface area (Å²) < 4.78 is 10.6. The molecule has 19 heavy (non-hydrogen) atoms. The molecule has 0 aliphatic carbocycles. The lowest BCUT2D eigenvalue weighted by molar-refractivity contribution is -0.145. The average molecular weight is 288 g/mol. The molecule has 1 unspecified atom stereocenters. The van der Waals surface area contributed by atoms with Crippen molar-refractivity contribution in [2.45, 2.75) is 32.4 Å². The summed E-state index contributed by atoms with van der Waals surface area (Å²) >= 11 is 6.09. The van der Waals surface area contributed by atoms with E-state index >= 15 is 0 Å². The normalized spacial score (nSPS) is 12.0. The lowest BCUT2D eigenvalue weighted by Gasteiger charge is -2.18. The first-order valence-corrected chi connectivity index (χ1v) is 6.37. The Kier molecular flexibility index (Phi) is 5.92. The molecule has 0 amide bonds. The molecule has 0 bridgehead atoms. The van der Waals surface area contributed by atoms with E-state index in [1.807, 2.05) is 6.92 Å². The summed E-state index contributed by atoms with van der Waals surface area (Å²) in [5.74, 6) is -0.402. The molecule has 1 atom stereocenters. The van der Waals surface area contributed by atoms with Crippen molar-refractivity contribution >= 4 is 17.6 Å². The van der Waals surface area contributed by atoms with Crippen molar-refractivity contribution in [3.05, 3.63) is 22.7 Å². The fourth-order valence-corrected chi connectivity index (χ4v) is 1.92. The quantitative estimate of drug-likeness (QED) is 0.805. The van der Waals surface area contributed by atoms with E-state index in [-0.39, 0.29) is 5.75 Å². The molecule has 1 aromatic carbocycles. The van der Waals surface area contributed by atoms with E-state index in [0.717, 1.165) is 5.56 Å². The van der Waals surface area contributed by atoms with Crippen LogP contribution in [0.5, 0.6) is 11.5 Å². The number of hydrogen-bond acceptors (Lipinski definition) is 4. The summed E-state index contributed by atoms with van der Waals surface area (Å²) in [6.45, 7) is 2.20. The summed E-state index contributed by atoms with van der Waals surface area (Å²) in [7, 11) is 1.47. The standard InChI is InChI=1S/C13H18ClNO4/c1-3-4-10(13(16)17)19-12-9(14)5-8(7-15)6-11(12)18-2/h5-6,10H,3-4,7,15H2,1-2H3,(H,16,17). The van der Waals surface area contributed by atoms with E-state index in [9.17, 15) is 4.79 Å². The van der Waals surface area contributed by atoms with Crippen molar-refractivity contribution in [3.8, 4) is 11.5 Å². The highest BCUT2D eigenvalue weighted by Gasteiger charge is 2.22. The Labute approximate surface area is 117 Å². The van der Waals surface area contributed by atoms with Gasteiger partial charge in [0.1, 0.15) is 0 Å². The van der Waals surface area contributed by atoms with Crippen LogP contribution in [0, 0.1) is 0 Å². The fraction of sp³-hybridized carbons (Fsp3) is 0.462. The highest BCUT2D eigenvalue weighted by Crippen LogP contribution is 2.37. The number of carbonyl (C=O) groups is 1. The minimum Gasteiger partial charge on any atom is -0.493 e. The van der Waals surface area contributed by atoms with E-state index in [2.05, 4.69) is 0 Å². The molecule has 1 aromatic rings. The van der Waals surface area contributed by atoms with Crippen LogP contribution in [0.2, 0.25) is 5.02 Å². The highest BCUT2D eigenvalue weighted by molar-refractivity contribution is 6.32. The summed E-state index contributed by atoms with van der Waals surface area (Å²) in [5.41, 5.74) is 6.33. The number of rotatable bonds is 7. The Hall–Kier alpha value is -1.46. The SMILES string of the molecule is CCCC(Oc1c(Cl)cc(CN)cc1OC)C(=O)O. The van der Waals surface area contributed by atoms with Crippen LogP contribution in [-0.2, 0) is 11.3 Å². The smallest absolute Gasteiger partial charge is 0.344 e. The van der Waals surface area contributed by atoms with E-state index in [1.54, 1.807) is 12.1 Å². The molecule has 0 aromatic heterocycles. The molecular weight excluding hydrogens is 270 g/mol. The van der Waals surface area contributed by atoms with E-state index in [1.165, 1.54) is 7.11 Å². The number of benzene rings is 1. The number of ether oxygens (including phenoxy) is 2. The number of hydrogen-bond donors (Lipinski definition) is 2. The molecule has 0 aliphatic rings. The topological polar surface area (TPSA) is 81.8 Å². The lowest BCUT2D eigenvalue weighted by atomic mass is 10.2. The van der Waals surface area contributed by atoms with Gasteiger partial charge >= 0.3 is 5.97 Å². The zero-order chi connectivity index (χ0) is 14.4. The van der Waals surface area contributed by atoms with Crippen molar-refractivity contribution in [2.75, 3.05) is 7.11 Å². The first-order chi connectivity index (χ1) is 9.03. The molecule has 0 fully saturated rings. The molecule has 3 N–H and O–H groups in total. The summed E-state index contributed by atoms with van der Waals surface area (Å²) in [4.78, 5) is 11.1. The Balaban J connectivity index is 3.08. The number of methoxy groups -OCH3 is 1. The number of carboxylic acids is 1. The fourth-order valence-electron chi connectivity index (χ4n) is 1.64. The van der Waals surface area contributed by atoms with Crippen molar-refractivity contribution in [3.63, 3.8) is 0 Å². The average Bonchev–Trinajstić information content (AvgIpc) is 2.39. The molecule has 6 heteroatoms. The molecule has 1 rings (SSSR count). The van der Waals surface area contributed by atoms with E-state index in [4.69, 9.17) is 31.9 Å². The second-order valence-electron chi connectivity index (χ2n) is 4.05. The Morgan fingerprint density at radius 1 is 1.53 bits per heavy atom. The minimum atomic E-state index is -1.03. The van der Waals surface area contributed by atoms with Crippen LogP contribution in [0.3, 0.4) is 0 Å². The van der Waals surface area contributed by atoms with E-state index < -0.39 is 12.1 Å². The molecule has 5 nitrogen and oxygen atoms in total. The maximum Gasteiger partial charge on any atom is 0.344 e. The number of carboxylic acid groups (broad SMARTS) is 1. The molecule has 106 valence electrons. The predicted octanol–water partition coefficient (Wildman–Crippen LogP) is 2.44. The predicted molar refractivity (Wildman–Crippen MR) is 72.9 cm³/mol. The van der Waals surface area contributed by atoms with Gasteiger partial charge < -0.3 is 20.3 Å². The molecular formula is C13H18ClNO4. The summed E-state index contributed by atoms with van der Waals surface area (Å²) in [6, 6.07) is 3.33. The zero-order valence-electron chi connectivity index (χ0n) is 11.0. The largest absolute Gasteiger partial charge is 0.493 e. The van der Waals surface area contributed by atoms with Crippen molar-refractivity contribution in [1.82, 2.24) is 0 Å². The Bertz CT molecular complexity index is 451. The second kappa shape index (κ2) is 7.21. The van der Waals surface area contributed by atoms with Crippen LogP contribution in [0.25, 0.3) is 0 Å². The van der Waals surface area contributed by atoms with Gasteiger partial charge in [0.2, 0.25) is 0 Å². The van der Waals surface area contributed by atoms with E-state index in [0.29, 0.717) is 30.2 Å². The number of nitrogens with two attached hydrogens (primary N) is 1. The van der Waals surface area contributed by atoms with Gasteiger partial charge in [0.15, 0.2) is 17.6 Å². The highest BCUT2D eigenvalue weighted by atomic mass is 35.5. The van der Waals surface area contributed by atoms with Crippen molar-refractivity contribution in [1.29, 1.82) is 0 Å². The molecule has 0 heterocycles. The molecule has 0 aliphatic heterocycles. The van der Waals surface area contributed by atoms with Crippen LogP contribution in [0.15, 0.2) is 12.1 Å². The van der Waals surface area contributed by atoms with Gasteiger partial charge in [-0.05, 0) is 24.1 Å². The first kappa shape index (κ1) is 15.6. The van der Waals surface area contributed by atoms with Crippen LogP contribution in [-0.4, -0.2) is 24.3 Å². The van der Waals surface area contributed by atoms with Crippen molar-refractivity contribution < 1.29 is 19.4 Å². The van der Waals surface area contributed by atoms with Gasteiger partial charge in [-0.1, -0.05) is 24.9 Å². The summed E-state index contributed by atoms with van der Waals surface area (Å²) in [5, 5.41) is 9.39. The Morgan fingerprint density at radius 3 is 2.68 bits per heavy atom. The lowest BCUT2D eigenvalue weighted by Crippen LogP contribution is -2.27. The van der Waals surface area contributed by atoms with Gasteiger partial charge in [0.25, 0.3) is 0 Å². The molecule has 0 saturated carbocycles. The van der Waals surface area contributed by atoms with Gasteiger partial charge in [-0.3, -0.25) is 0 Å². The molecule has 0 spiro atoms. The minimum absolute atomic E-state index is 0.238. The van der Waals surface area contributed by atoms with Gasteiger partial charge in [0, 0.05) is 6.54 Å². The van der Waals surface area contributed by atoms with Gasteiger partial charge in [-0.15, -0.1) is 0 Å². The third kappa shape index (κ3) is 4.01. The number of aliphatic carboxylic acids is 1.